The topological polar surface area (TPSA) is 68.3 Å². The number of aromatic nitrogens is 2. The zero-order valence-electron chi connectivity index (χ0n) is 10.4. The van der Waals surface area contributed by atoms with E-state index in [1.54, 1.807) is 0 Å². The number of hydrogen-bond acceptors (Lipinski definition) is 4. The fourth-order valence-corrected chi connectivity index (χ4v) is 2.86. The van der Waals surface area contributed by atoms with Crippen LogP contribution in [0, 0.1) is 6.92 Å². The second-order valence-electron chi connectivity index (χ2n) is 4.79. The molecule has 1 N–H and O–H groups in total. The molecule has 96 valence electrons. The second-order valence-corrected chi connectivity index (χ2v) is 4.79. The molecule has 18 heavy (non-hydrogen) atoms. The van der Waals surface area contributed by atoms with Crippen LogP contribution in [-0.2, 0) is 19.4 Å². The summed E-state index contributed by atoms with van der Waals surface area (Å²) < 4.78 is 6.79. The zero-order chi connectivity index (χ0) is 12.7. The Balaban J connectivity index is 2.41. The lowest BCUT2D eigenvalue weighted by Crippen LogP contribution is -2.28. The highest BCUT2D eigenvalue weighted by atomic mass is 16.5. The van der Waals surface area contributed by atoms with Crippen LogP contribution >= 0.6 is 0 Å². The summed E-state index contributed by atoms with van der Waals surface area (Å²) in [5.41, 5.74) is 3.30. The van der Waals surface area contributed by atoms with Gasteiger partial charge >= 0.3 is 0 Å². The first kappa shape index (κ1) is 11.5. The summed E-state index contributed by atoms with van der Waals surface area (Å²) in [4.78, 5) is 12.4. The average Bonchev–Trinajstić information content (AvgIpc) is 2.77. The van der Waals surface area contributed by atoms with Crippen LogP contribution in [0.4, 0.5) is 0 Å². The third-order valence-electron chi connectivity index (χ3n) is 3.69. The third-order valence-corrected chi connectivity index (χ3v) is 3.69. The molecular weight excluding hydrogens is 232 g/mol. The summed E-state index contributed by atoms with van der Waals surface area (Å²) in [6.07, 6.45) is 3.90. The Morgan fingerprint density at radius 1 is 1.33 bits per heavy atom. The molecular formula is C13H16N2O3. The smallest absolute Gasteiger partial charge is 0.256 e. The molecule has 0 aliphatic heterocycles. The second kappa shape index (κ2) is 4.24. The van der Waals surface area contributed by atoms with Gasteiger partial charge in [0.1, 0.15) is 0 Å². The molecule has 0 radical (unpaired) electrons. The van der Waals surface area contributed by atoms with Gasteiger partial charge in [-0.15, -0.1) is 0 Å². The largest absolute Gasteiger partial charge is 0.395 e. The van der Waals surface area contributed by atoms with Gasteiger partial charge in [-0.25, -0.2) is 0 Å². The fraction of sp³-hybridized carbons (Fsp3) is 0.538. The predicted molar refractivity (Wildman–Crippen MR) is 66.7 cm³/mol. The molecule has 0 bridgehead atoms. The minimum atomic E-state index is -0.0759. The summed E-state index contributed by atoms with van der Waals surface area (Å²) in [6, 6.07) is 0. The van der Waals surface area contributed by atoms with Crippen LogP contribution in [0.25, 0.3) is 11.1 Å². The van der Waals surface area contributed by atoms with Crippen LogP contribution in [0.5, 0.6) is 0 Å². The molecule has 0 saturated carbocycles. The van der Waals surface area contributed by atoms with Gasteiger partial charge in [-0.1, -0.05) is 5.16 Å². The summed E-state index contributed by atoms with van der Waals surface area (Å²) in [7, 11) is 0. The first-order valence-electron chi connectivity index (χ1n) is 6.35. The van der Waals surface area contributed by atoms with E-state index in [4.69, 9.17) is 9.63 Å². The molecule has 1 aliphatic rings. The third kappa shape index (κ3) is 1.50. The minimum absolute atomic E-state index is 0.0256. The maximum Gasteiger partial charge on any atom is 0.256 e. The van der Waals surface area contributed by atoms with E-state index in [9.17, 15) is 4.79 Å². The Morgan fingerprint density at radius 3 is 2.78 bits per heavy atom. The first-order chi connectivity index (χ1) is 8.74. The lowest BCUT2D eigenvalue weighted by Gasteiger charge is -2.17. The van der Waals surface area contributed by atoms with E-state index < -0.39 is 0 Å². The number of fused-ring (bicyclic) bond motifs is 3. The highest BCUT2D eigenvalue weighted by molar-refractivity contribution is 5.81. The molecule has 5 heteroatoms. The molecule has 2 heterocycles. The molecule has 0 spiro atoms. The average molecular weight is 248 g/mol. The first-order valence-corrected chi connectivity index (χ1v) is 6.35. The fourth-order valence-electron chi connectivity index (χ4n) is 2.86. The summed E-state index contributed by atoms with van der Waals surface area (Å²) in [5.74, 6) is 0. The number of aryl methyl sites for hydroxylation is 2. The number of pyridine rings is 1. The normalized spacial score (nSPS) is 15.0. The van der Waals surface area contributed by atoms with Gasteiger partial charge in [0, 0.05) is 5.56 Å². The molecule has 0 amide bonds. The van der Waals surface area contributed by atoms with Crippen LogP contribution in [-0.4, -0.2) is 21.4 Å². The van der Waals surface area contributed by atoms with Gasteiger partial charge in [-0.05, 0) is 38.2 Å². The molecule has 2 aromatic rings. The standard InChI is InChI=1S/C13H16N2O3/c1-8-11-9-4-2-3-5-10(9)12(17)15(6-7-16)13(11)18-14-8/h16H,2-7H2,1H3. The number of hydrogen-bond donors (Lipinski definition) is 1. The van der Waals surface area contributed by atoms with Crippen molar-refractivity contribution < 1.29 is 9.63 Å². The molecule has 5 nitrogen and oxygen atoms in total. The maximum atomic E-state index is 12.4. The van der Waals surface area contributed by atoms with Gasteiger partial charge < -0.3 is 9.63 Å². The van der Waals surface area contributed by atoms with Crippen LogP contribution in [0.2, 0.25) is 0 Å². The van der Waals surface area contributed by atoms with Crippen molar-refractivity contribution in [3.05, 3.63) is 27.2 Å². The van der Waals surface area contributed by atoms with Gasteiger partial charge in [-0.3, -0.25) is 9.36 Å². The van der Waals surface area contributed by atoms with Crippen molar-refractivity contribution in [3.8, 4) is 0 Å². The molecule has 0 atom stereocenters. The molecule has 0 unspecified atom stereocenters. The van der Waals surface area contributed by atoms with E-state index in [1.165, 1.54) is 4.57 Å². The van der Waals surface area contributed by atoms with Crippen molar-refractivity contribution in [3.63, 3.8) is 0 Å². The molecule has 0 saturated heterocycles. The van der Waals surface area contributed by atoms with Crippen LogP contribution < -0.4 is 5.56 Å². The van der Waals surface area contributed by atoms with Crippen molar-refractivity contribution in [2.45, 2.75) is 39.2 Å². The van der Waals surface area contributed by atoms with E-state index in [-0.39, 0.29) is 18.7 Å². The lowest BCUT2D eigenvalue weighted by molar-refractivity contribution is 0.271. The van der Waals surface area contributed by atoms with Gasteiger partial charge in [-0.2, -0.15) is 0 Å². The van der Waals surface area contributed by atoms with Gasteiger partial charge in [0.2, 0.25) is 5.71 Å². The maximum absolute atomic E-state index is 12.4. The van der Waals surface area contributed by atoms with Gasteiger partial charge in [0.25, 0.3) is 5.56 Å². The number of rotatable bonds is 2. The van der Waals surface area contributed by atoms with Gasteiger partial charge in [0.15, 0.2) is 0 Å². The molecule has 3 rings (SSSR count). The Bertz CT molecular complexity index is 654. The molecule has 2 aromatic heterocycles. The van der Waals surface area contributed by atoms with Crippen molar-refractivity contribution in [1.29, 1.82) is 0 Å². The van der Waals surface area contributed by atoms with Crippen LogP contribution in [0.15, 0.2) is 9.32 Å². The highest BCUT2D eigenvalue weighted by Crippen LogP contribution is 2.28. The Hall–Kier alpha value is -1.62. The Kier molecular flexibility index (Phi) is 2.70. The Morgan fingerprint density at radius 2 is 2.06 bits per heavy atom. The van der Waals surface area contributed by atoms with Crippen molar-refractivity contribution in [2.24, 2.45) is 0 Å². The van der Waals surface area contributed by atoms with Crippen molar-refractivity contribution in [2.75, 3.05) is 6.61 Å². The summed E-state index contributed by atoms with van der Waals surface area (Å²) >= 11 is 0. The number of aliphatic hydroxyl groups excluding tert-OH is 1. The molecule has 1 aliphatic carbocycles. The summed E-state index contributed by atoms with van der Waals surface area (Å²) in [6.45, 7) is 2.08. The zero-order valence-corrected chi connectivity index (χ0v) is 10.4. The SMILES string of the molecule is Cc1noc2c1c1c(c(=O)n2CCO)CCCC1. The van der Waals surface area contributed by atoms with E-state index >= 15 is 0 Å². The number of nitrogens with zero attached hydrogens (tertiary/aromatic N) is 2. The highest BCUT2D eigenvalue weighted by Gasteiger charge is 2.23. The number of aliphatic hydroxyl groups is 1. The summed E-state index contributed by atoms with van der Waals surface area (Å²) in [5, 5.41) is 14.0. The van der Waals surface area contributed by atoms with Crippen molar-refractivity contribution >= 4 is 11.1 Å². The van der Waals surface area contributed by atoms with E-state index in [1.807, 2.05) is 6.92 Å². The lowest BCUT2D eigenvalue weighted by atomic mass is 9.90. The van der Waals surface area contributed by atoms with Crippen LogP contribution in [0.1, 0.15) is 29.7 Å². The quantitative estimate of drug-likeness (QED) is 0.866. The van der Waals surface area contributed by atoms with Gasteiger partial charge in [0.05, 0.1) is 24.2 Å². The van der Waals surface area contributed by atoms with Crippen molar-refractivity contribution in [1.82, 2.24) is 9.72 Å². The minimum Gasteiger partial charge on any atom is -0.395 e. The van der Waals surface area contributed by atoms with E-state index in [0.717, 1.165) is 47.9 Å². The predicted octanol–water partition coefficient (Wildman–Crippen LogP) is 1.17. The van der Waals surface area contributed by atoms with E-state index in [0.29, 0.717) is 5.71 Å². The molecule has 0 aromatic carbocycles. The molecule has 0 fully saturated rings. The monoisotopic (exact) mass is 248 g/mol. The van der Waals surface area contributed by atoms with E-state index in [2.05, 4.69) is 5.16 Å². The Labute approximate surface area is 104 Å². The van der Waals surface area contributed by atoms with Crippen LogP contribution in [0.3, 0.4) is 0 Å².